The molecule has 0 spiro atoms. The highest BCUT2D eigenvalue weighted by molar-refractivity contribution is 5.25. The predicted octanol–water partition coefficient (Wildman–Crippen LogP) is -2.56. The van der Waals surface area contributed by atoms with E-state index in [-0.39, 0.29) is 5.82 Å². The van der Waals surface area contributed by atoms with Gasteiger partial charge in [-0.25, -0.2) is 4.79 Å². The second-order valence-electron chi connectivity index (χ2n) is 4.17. The topological polar surface area (TPSA) is 131 Å². The lowest BCUT2D eigenvalue weighted by atomic mass is 9.95. The molecule has 0 aliphatic carbocycles. The molecular formula is C11H13N3O5. The summed E-state index contributed by atoms with van der Waals surface area (Å²) >= 11 is 0. The zero-order chi connectivity index (χ0) is 14.2. The Balaban J connectivity index is 2.49. The van der Waals surface area contributed by atoms with Crippen molar-refractivity contribution in [3.05, 3.63) is 22.7 Å². The summed E-state index contributed by atoms with van der Waals surface area (Å²) in [7, 11) is 0. The van der Waals surface area contributed by atoms with E-state index in [1.54, 1.807) is 0 Å². The third-order valence-electron chi connectivity index (χ3n) is 3.00. The van der Waals surface area contributed by atoms with Crippen LogP contribution in [0.2, 0.25) is 0 Å². The lowest BCUT2D eigenvalue weighted by Gasteiger charge is -2.26. The molecule has 2 rings (SSSR count). The third-order valence-corrected chi connectivity index (χ3v) is 3.00. The molecule has 8 heteroatoms. The van der Waals surface area contributed by atoms with E-state index in [4.69, 9.17) is 22.0 Å². The fourth-order valence-electron chi connectivity index (χ4n) is 1.95. The lowest BCUT2D eigenvalue weighted by Crippen LogP contribution is -2.47. The Hall–Kier alpha value is -1.92. The van der Waals surface area contributed by atoms with E-state index < -0.39 is 36.3 Å². The van der Waals surface area contributed by atoms with Crippen LogP contribution in [0.4, 0.5) is 5.82 Å². The number of terminal acetylenes is 1. The first-order valence-electron chi connectivity index (χ1n) is 5.43. The van der Waals surface area contributed by atoms with Crippen molar-refractivity contribution in [2.75, 3.05) is 12.3 Å². The van der Waals surface area contributed by atoms with Crippen LogP contribution in [0, 0.1) is 12.3 Å². The standard InChI is InChI=1S/C11H13N3O5/c1-2-11(18)8(16)6(5-15)19-9(11)14-4-3-7(12)13-10(14)17/h1,3-4,6,8-9,15-16,18H,5H2,(H2,12,13,17)/t6?,8?,9?,11-/m1/s1. The number of rotatable bonds is 2. The number of nitrogens with two attached hydrogens (primary N) is 1. The number of nitrogens with zero attached hydrogens (tertiary/aromatic N) is 2. The van der Waals surface area contributed by atoms with Crippen molar-refractivity contribution in [3.8, 4) is 12.3 Å². The monoisotopic (exact) mass is 267 g/mol. The third kappa shape index (κ3) is 1.98. The molecule has 2 heterocycles. The van der Waals surface area contributed by atoms with Crippen molar-refractivity contribution in [2.45, 2.75) is 24.0 Å². The van der Waals surface area contributed by atoms with E-state index in [1.165, 1.54) is 12.3 Å². The Morgan fingerprint density at radius 3 is 2.89 bits per heavy atom. The number of anilines is 1. The van der Waals surface area contributed by atoms with Crippen molar-refractivity contribution in [1.82, 2.24) is 9.55 Å². The van der Waals surface area contributed by atoms with Gasteiger partial charge in [0, 0.05) is 6.20 Å². The second-order valence-corrected chi connectivity index (χ2v) is 4.17. The van der Waals surface area contributed by atoms with Gasteiger partial charge < -0.3 is 25.8 Å². The number of ether oxygens (including phenoxy) is 1. The van der Waals surface area contributed by atoms with Crippen LogP contribution in [0.3, 0.4) is 0 Å². The van der Waals surface area contributed by atoms with E-state index in [2.05, 4.69) is 4.98 Å². The lowest BCUT2D eigenvalue weighted by molar-refractivity contribution is -0.0763. The Bertz CT molecular complexity index is 580. The largest absolute Gasteiger partial charge is 0.394 e. The van der Waals surface area contributed by atoms with Crippen LogP contribution >= 0.6 is 0 Å². The average molecular weight is 267 g/mol. The highest BCUT2D eigenvalue weighted by Crippen LogP contribution is 2.37. The van der Waals surface area contributed by atoms with Gasteiger partial charge in [-0.2, -0.15) is 4.98 Å². The van der Waals surface area contributed by atoms with E-state index in [0.717, 1.165) is 4.57 Å². The van der Waals surface area contributed by atoms with Gasteiger partial charge in [0.2, 0.25) is 0 Å². The molecule has 4 atom stereocenters. The van der Waals surface area contributed by atoms with Gasteiger partial charge in [0.1, 0.15) is 18.0 Å². The highest BCUT2D eigenvalue weighted by Gasteiger charge is 2.55. The van der Waals surface area contributed by atoms with Gasteiger partial charge in [-0.3, -0.25) is 4.57 Å². The van der Waals surface area contributed by atoms with Gasteiger partial charge in [0.05, 0.1) is 6.61 Å². The second kappa shape index (κ2) is 4.64. The van der Waals surface area contributed by atoms with E-state index in [1.807, 2.05) is 5.92 Å². The van der Waals surface area contributed by atoms with Crippen molar-refractivity contribution >= 4 is 5.82 Å². The molecule has 19 heavy (non-hydrogen) atoms. The minimum Gasteiger partial charge on any atom is -0.394 e. The maximum absolute atomic E-state index is 11.7. The summed E-state index contributed by atoms with van der Waals surface area (Å²) in [6, 6.07) is 1.32. The molecule has 1 fully saturated rings. The average Bonchev–Trinajstić information content (AvgIpc) is 2.63. The summed E-state index contributed by atoms with van der Waals surface area (Å²) in [5, 5.41) is 29.1. The smallest absolute Gasteiger partial charge is 0.351 e. The van der Waals surface area contributed by atoms with Gasteiger partial charge >= 0.3 is 5.69 Å². The maximum atomic E-state index is 11.7. The summed E-state index contributed by atoms with van der Waals surface area (Å²) < 4.78 is 6.14. The van der Waals surface area contributed by atoms with Gasteiger partial charge in [0.25, 0.3) is 0 Å². The molecule has 102 valence electrons. The van der Waals surface area contributed by atoms with Crippen LogP contribution in [0.25, 0.3) is 0 Å². The van der Waals surface area contributed by atoms with Crippen molar-refractivity contribution in [1.29, 1.82) is 0 Å². The summed E-state index contributed by atoms with van der Waals surface area (Å²) in [6.45, 7) is -0.557. The van der Waals surface area contributed by atoms with Crippen LogP contribution < -0.4 is 11.4 Å². The molecule has 0 aromatic carbocycles. The number of aromatic nitrogens is 2. The minimum absolute atomic E-state index is 0.00255. The van der Waals surface area contributed by atoms with Gasteiger partial charge in [0.15, 0.2) is 11.8 Å². The first kappa shape index (κ1) is 13.5. The Kier molecular flexibility index (Phi) is 3.30. The Morgan fingerprint density at radius 1 is 1.68 bits per heavy atom. The molecule has 1 aliphatic rings. The van der Waals surface area contributed by atoms with Gasteiger partial charge in [-0.15, -0.1) is 6.42 Å². The van der Waals surface area contributed by atoms with Crippen molar-refractivity contribution < 1.29 is 20.1 Å². The molecule has 0 amide bonds. The first-order valence-corrected chi connectivity index (χ1v) is 5.43. The normalized spacial score (nSPS) is 34.1. The number of nitrogen functional groups attached to an aromatic ring is 1. The molecule has 1 saturated heterocycles. The van der Waals surface area contributed by atoms with Crippen LogP contribution in [0.15, 0.2) is 17.1 Å². The summed E-state index contributed by atoms with van der Waals surface area (Å²) in [6.07, 6.45) is 2.45. The molecule has 3 unspecified atom stereocenters. The number of aliphatic hydroxyl groups excluding tert-OH is 2. The molecule has 5 N–H and O–H groups in total. The first-order chi connectivity index (χ1) is 8.93. The molecule has 1 aromatic rings. The molecule has 0 bridgehead atoms. The molecular weight excluding hydrogens is 254 g/mol. The van der Waals surface area contributed by atoms with Crippen molar-refractivity contribution in [2.24, 2.45) is 0 Å². The molecule has 8 nitrogen and oxygen atoms in total. The van der Waals surface area contributed by atoms with E-state index >= 15 is 0 Å². The molecule has 0 saturated carbocycles. The van der Waals surface area contributed by atoms with Crippen molar-refractivity contribution in [3.63, 3.8) is 0 Å². The van der Waals surface area contributed by atoms with Crippen LogP contribution in [0.1, 0.15) is 6.23 Å². The Labute approximate surface area is 108 Å². The fourth-order valence-corrected chi connectivity index (χ4v) is 1.95. The summed E-state index contributed by atoms with van der Waals surface area (Å²) in [5.41, 5.74) is 2.42. The van der Waals surface area contributed by atoms with Gasteiger partial charge in [-0.1, -0.05) is 5.92 Å². The SMILES string of the molecule is C#C[C@@]1(O)C(O)C(CO)OC1n1ccc(N)nc1=O. The predicted molar refractivity (Wildman–Crippen MR) is 63.7 cm³/mol. The summed E-state index contributed by atoms with van der Waals surface area (Å²) in [5.74, 6) is 2.00. The van der Waals surface area contributed by atoms with Gasteiger partial charge in [-0.05, 0) is 6.07 Å². The van der Waals surface area contributed by atoms with Crippen LogP contribution in [0.5, 0.6) is 0 Å². The fraction of sp³-hybridized carbons (Fsp3) is 0.455. The summed E-state index contributed by atoms with van der Waals surface area (Å²) in [4.78, 5) is 15.2. The number of hydrogen-bond donors (Lipinski definition) is 4. The molecule has 0 radical (unpaired) electrons. The van der Waals surface area contributed by atoms with E-state index in [9.17, 15) is 15.0 Å². The quantitative estimate of drug-likeness (QED) is 0.433. The van der Waals surface area contributed by atoms with Crippen LogP contribution in [-0.4, -0.2) is 49.3 Å². The molecule has 1 aromatic heterocycles. The van der Waals surface area contributed by atoms with Crippen LogP contribution in [-0.2, 0) is 4.74 Å². The molecule has 1 aliphatic heterocycles. The number of aliphatic hydroxyl groups is 3. The zero-order valence-electron chi connectivity index (χ0n) is 9.80. The Morgan fingerprint density at radius 2 is 2.37 bits per heavy atom. The zero-order valence-corrected chi connectivity index (χ0v) is 9.80. The maximum Gasteiger partial charge on any atom is 0.351 e. The number of hydrogen-bond acceptors (Lipinski definition) is 7. The highest BCUT2D eigenvalue weighted by atomic mass is 16.6. The minimum atomic E-state index is -2.14. The van der Waals surface area contributed by atoms with E-state index in [0.29, 0.717) is 0 Å².